The summed E-state index contributed by atoms with van der Waals surface area (Å²) in [6.07, 6.45) is 1.36. The lowest BCUT2D eigenvalue weighted by atomic mass is 9.94. The Morgan fingerprint density at radius 3 is 2.33 bits per heavy atom. The quantitative estimate of drug-likeness (QED) is 0.545. The third kappa shape index (κ3) is 1.43. The summed E-state index contributed by atoms with van der Waals surface area (Å²) in [6, 6.07) is 0. The Kier molecular flexibility index (Phi) is 2.45. The second-order valence-electron chi connectivity index (χ2n) is 3.12. The van der Waals surface area contributed by atoms with Crippen LogP contribution in [0.25, 0.3) is 0 Å². The largest absolute Gasteiger partial charge is 0.158 e. The average Bonchev–Trinajstić information content (AvgIpc) is 2.15. The zero-order chi connectivity index (χ0) is 6.85. The van der Waals surface area contributed by atoms with Crippen molar-refractivity contribution in [2.24, 2.45) is 11.8 Å². The van der Waals surface area contributed by atoms with Crippen LogP contribution in [0.15, 0.2) is 0 Å². The molecule has 0 radical (unpaired) electrons. The fourth-order valence-corrected chi connectivity index (χ4v) is 3.10. The molecule has 0 aromatic carbocycles. The average molecular weight is 144 g/mol. The van der Waals surface area contributed by atoms with Crippen LogP contribution in [-0.4, -0.2) is 11.0 Å². The Morgan fingerprint density at radius 2 is 2.11 bits per heavy atom. The Bertz CT molecular complexity index is 90.6. The van der Waals surface area contributed by atoms with E-state index in [1.165, 1.54) is 12.2 Å². The van der Waals surface area contributed by atoms with Gasteiger partial charge in [0.05, 0.1) is 0 Å². The Labute approximate surface area is 62.4 Å². The molecule has 0 nitrogen and oxygen atoms in total. The van der Waals surface area contributed by atoms with Crippen molar-refractivity contribution in [3.63, 3.8) is 0 Å². The van der Waals surface area contributed by atoms with Gasteiger partial charge in [-0.05, 0) is 24.0 Å². The van der Waals surface area contributed by atoms with Crippen molar-refractivity contribution in [2.45, 2.75) is 32.4 Å². The SMILES string of the molecule is CC[C@@H]1SCC(C)[C@@H]1C. The minimum Gasteiger partial charge on any atom is -0.158 e. The molecule has 3 atom stereocenters. The molecule has 9 heavy (non-hydrogen) atoms. The van der Waals surface area contributed by atoms with E-state index in [0.717, 1.165) is 17.1 Å². The number of thioether (sulfide) groups is 1. The van der Waals surface area contributed by atoms with Gasteiger partial charge in [0.15, 0.2) is 0 Å². The fourth-order valence-electron chi connectivity index (χ4n) is 1.44. The summed E-state index contributed by atoms with van der Waals surface area (Å²) in [4.78, 5) is 0. The third-order valence-corrected chi connectivity index (χ3v) is 4.37. The van der Waals surface area contributed by atoms with E-state index in [1.54, 1.807) is 0 Å². The van der Waals surface area contributed by atoms with Crippen molar-refractivity contribution in [2.75, 3.05) is 5.75 Å². The molecule has 1 fully saturated rings. The van der Waals surface area contributed by atoms with Crippen LogP contribution < -0.4 is 0 Å². The molecule has 1 aliphatic heterocycles. The van der Waals surface area contributed by atoms with Gasteiger partial charge in [-0.3, -0.25) is 0 Å². The van der Waals surface area contributed by atoms with Gasteiger partial charge in [0, 0.05) is 5.25 Å². The lowest BCUT2D eigenvalue weighted by Gasteiger charge is -2.13. The Hall–Kier alpha value is 0.350. The van der Waals surface area contributed by atoms with Crippen molar-refractivity contribution >= 4 is 11.8 Å². The van der Waals surface area contributed by atoms with E-state index >= 15 is 0 Å². The minimum absolute atomic E-state index is 0.958. The van der Waals surface area contributed by atoms with Gasteiger partial charge in [-0.2, -0.15) is 11.8 Å². The molecule has 1 heterocycles. The smallest absolute Gasteiger partial charge is 0.00730 e. The molecule has 1 aliphatic rings. The lowest BCUT2D eigenvalue weighted by Crippen LogP contribution is -2.11. The van der Waals surface area contributed by atoms with Crippen LogP contribution in [0.2, 0.25) is 0 Å². The van der Waals surface area contributed by atoms with Gasteiger partial charge in [0.25, 0.3) is 0 Å². The van der Waals surface area contributed by atoms with Gasteiger partial charge in [-0.25, -0.2) is 0 Å². The second kappa shape index (κ2) is 2.96. The molecule has 0 aromatic heterocycles. The molecule has 0 spiro atoms. The highest BCUT2D eigenvalue weighted by Crippen LogP contribution is 2.37. The molecule has 1 saturated heterocycles. The Morgan fingerprint density at radius 1 is 1.44 bits per heavy atom. The molecule has 0 N–H and O–H groups in total. The molecule has 0 aliphatic carbocycles. The molecular formula is C8H16S. The summed E-state index contributed by atoms with van der Waals surface area (Å²) in [6.45, 7) is 7.05. The van der Waals surface area contributed by atoms with E-state index in [1.807, 2.05) is 0 Å². The van der Waals surface area contributed by atoms with E-state index in [-0.39, 0.29) is 0 Å². The first-order valence-corrected chi connectivity index (χ1v) is 4.92. The van der Waals surface area contributed by atoms with Gasteiger partial charge in [0.2, 0.25) is 0 Å². The van der Waals surface area contributed by atoms with Crippen molar-refractivity contribution in [1.82, 2.24) is 0 Å². The summed E-state index contributed by atoms with van der Waals surface area (Å²) < 4.78 is 0. The third-order valence-electron chi connectivity index (χ3n) is 2.46. The van der Waals surface area contributed by atoms with Crippen LogP contribution in [0.5, 0.6) is 0 Å². The molecule has 1 rings (SSSR count). The van der Waals surface area contributed by atoms with Crippen molar-refractivity contribution in [1.29, 1.82) is 0 Å². The molecule has 0 saturated carbocycles. The van der Waals surface area contributed by atoms with Crippen LogP contribution in [-0.2, 0) is 0 Å². The van der Waals surface area contributed by atoms with Gasteiger partial charge >= 0.3 is 0 Å². The maximum atomic E-state index is 2.39. The maximum Gasteiger partial charge on any atom is 0.00730 e. The van der Waals surface area contributed by atoms with Crippen LogP contribution in [0.1, 0.15) is 27.2 Å². The summed E-state index contributed by atoms with van der Waals surface area (Å²) in [5.41, 5.74) is 0. The second-order valence-corrected chi connectivity index (χ2v) is 4.39. The highest BCUT2D eigenvalue weighted by atomic mass is 32.2. The van der Waals surface area contributed by atoms with Crippen LogP contribution in [0.3, 0.4) is 0 Å². The molecule has 1 unspecified atom stereocenters. The zero-order valence-corrected chi connectivity index (χ0v) is 7.37. The van der Waals surface area contributed by atoms with E-state index < -0.39 is 0 Å². The van der Waals surface area contributed by atoms with Gasteiger partial charge < -0.3 is 0 Å². The summed E-state index contributed by atoms with van der Waals surface area (Å²) in [7, 11) is 0. The predicted molar refractivity (Wildman–Crippen MR) is 44.9 cm³/mol. The van der Waals surface area contributed by atoms with Gasteiger partial charge in [-0.1, -0.05) is 20.8 Å². The predicted octanol–water partition coefficient (Wildman–Crippen LogP) is 2.78. The first kappa shape index (κ1) is 7.46. The molecule has 0 amide bonds. The van der Waals surface area contributed by atoms with E-state index in [4.69, 9.17) is 0 Å². The highest BCUT2D eigenvalue weighted by molar-refractivity contribution is 8.00. The van der Waals surface area contributed by atoms with E-state index in [9.17, 15) is 0 Å². The van der Waals surface area contributed by atoms with Crippen LogP contribution in [0, 0.1) is 11.8 Å². The van der Waals surface area contributed by atoms with Gasteiger partial charge in [-0.15, -0.1) is 0 Å². The van der Waals surface area contributed by atoms with Crippen molar-refractivity contribution in [3.05, 3.63) is 0 Å². The highest BCUT2D eigenvalue weighted by Gasteiger charge is 2.28. The topological polar surface area (TPSA) is 0 Å². The number of hydrogen-bond donors (Lipinski definition) is 0. The normalized spacial score (nSPS) is 43.7. The molecular weight excluding hydrogens is 128 g/mol. The fraction of sp³-hybridized carbons (Fsp3) is 1.00. The van der Waals surface area contributed by atoms with Crippen molar-refractivity contribution < 1.29 is 0 Å². The number of hydrogen-bond acceptors (Lipinski definition) is 1. The molecule has 0 aromatic rings. The molecule has 54 valence electrons. The first-order valence-electron chi connectivity index (χ1n) is 3.87. The molecule has 1 heteroatoms. The van der Waals surface area contributed by atoms with E-state index in [2.05, 4.69) is 32.5 Å². The summed E-state index contributed by atoms with van der Waals surface area (Å²) in [5, 5.41) is 0.958. The maximum absolute atomic E-state index is 2.39. The minimum atomic E-state index is 0.958. The van der Waals surface area contributed by atoms with Gasteiger partial charge in [0.1, 0.15) is 0 Å². The first-order chi connectivity index (χ1) is 4.25. The monoisotopic (exact) mass is 144 g/mol. The van der Waals surface area contributed by atoms with Crippen molar-refractivity contribution in [3.8, 4) is 0 Å². The zero-order valence-electron chi connectivity index (χ0n) is 6.55. The number of rotatable bonds is 1. The van der Waals surface area contributed by atoms with Crippen LogP contribution in [0.4, 0.5) is 0 Å². The van der Waals surface area contributed by atoms with Crippen LogP contribution >= 0.6 is 11.8 Å². The Balaban J connectivity index is 2.41. The standard InChI is InChI=1S/C8H16S/c1-4-8-7(3)6(2)5-9-8/h6-8H,4-5H2,1-3H3/t6?,7-,8-/m0/s1. The summed E-state index contributed by atoms with van der Waals surface area (Å²) in [5.74, 6) is 3.31. The molecule has 0 bridgehead atoms. The van der Waals surface area contributed by atoms with E-state index in [0.29, 0.717) is 0 Å². The summed E-state index contributed by atoms with van der Waals surface area (Å²) >= 11 is 2.16. The lowest BCUT2D eigenvalue weighted by molar-refractivity contribution is 0.431.